The zero-order chi connectivity index (χ0) is 17.4. The van der Waals surface area contributed by atoms with Crippen LogP contribution in [0, 0.1) is 12.3 Å². The highest BCUT2D eigenvalue weighted by atomic mass is 16.5. The number of terminal acetylenes is 1. The van der Waals surface area contributed by atoms with Crippen LogP contribution in [0.3, 0.4) is 0 Å². The molecule has 0 fully saturated rings. The number of methoxy groups -OCH3 is 1. The fourth-order valence-corrected chi connectivity index (χ4v) is 2.24. The topological polar surface area (TPSA) is 67.4 Å². The van der Waals surface area contributed by atoms with Gasteiger partial charge in [0.1, 0.15) is 0 Å². The minimum Gasteiger partial charge on any atom is -0.367 e. The molecule has 0 aliphatic heterocycles. The van der Waals surface area contributed by atoms with Crippen LogP contribution < -0.4 is 10.6 Å². The normalized spacial score (nSPS) is 11.2. The lowest BCUT2D eigenvalue weighted by atomic mass is 10.1. The molecule has 2 aromatic carbocycles. The van der Waals surface area contributed by atoms with Crippen molar-refractivity contribution in [1.82, 2.24) is 5.32 Å². The third kappa shape index (κ3) is 4.22. The van der Waals surface area contributed by atoms with E-state index < -0.39 is 6.10 Å². The highest BCUT2D eigenvalue weighted by Crippen LogP contribution is 2.21. The monoisotopic (exact) mass is 322 g/mol. The van der Waals surface area contributed by atoms with Crippen molar-refractivity contribution in [3.8, 4) is 12.3 Å². The molecule has 122 valence electrons. The van der Waals surface area contributed by atoms with E-state index in [2.05, 4.69) is 16.6 Å². The van der Waals surface area contributed by atoms with E-state index in [0.29, 0.717) is 11.3 Å². The first kappa shape index (κ1) is 17.3. The average Bonchev–Trinajstić information content (AvgIpc) is 2.61. The second-order valence-electron chi connectivity index (χ2n) is 4.95. The van der Waals surface area contributed by atoms with Crippen LogP contribution in [0.1, 0.15) is 22.0 Å². The predicted molar refractivity (Wildman–Crippen MR) is 92.4 cm³/mol. The van der Waals surface area contributed by atoms with Gasteiger partial charge in [-0.2, -0.15) is 0 Å². The van der Waals surface area contributed by atoms with Gasteiger partial charge in [0, 0.05) is 7.11 Å². The fraction of sp³-hybridized carbons (Fsp3) is 0.158. The lowest BCUT2D eigenvalue weighted by molar-refractivity contribution is -0.126. The van der Waals surface area contributed by atoms with Gasteiger partial charge in [0.15, 0.2) is 6.10 Å². The molecule has 0 aliphatic rings. The number of carbonyl (C=O) groups excluding carboxylic acids is 2. The molecule has 2 aromatic rings. The number of benzene rings is 2. The van der Waals surface area contributed by atoms with E-state index in [1.165, 1.54) is 7.11 Å². The van der Waals surface area contributed by atoms with E-state index >= 15 is 0 Å². The lowest BCUT2D eigenvalue weighted by Crippen LogP contribution is -2.27. The summed E-state index contributed by atoms with van der Waals surface area (Å²) >= 11 is 0. The Labute approximate surface area is 141 Å². The van der Waals surface area contributed by atoms with Gasteiger partial charge in [0.2, 0.25) is 0 Å². The summed E-state index contributed by atoms with van der Waals surface area (Å²) in [6.45, 7) is 0.117. The Kier molecular flexibility index (Phi) is 6.12. The molecule has 5 heteroatoms. The molecule has 0 saturated carbocycles. The molecule has 0 heterocycles. The highest BCUT2D eigenvalue weighted by Gasteiger charge is 2.21. The van der Waals surface area contributed by atoms with Crippen LogP contribution in [-0.4, -0.2) is 25.5 Å². The first-order valence-corrected chi connectivity index (χ1v) is 7.36. The molecule has 1 atom stereocenters. The van der Waals surface area contributed by atoms with Crippen molar-refractivity contribution in [2.45, 2.75) is 6.10 Å². The summed E-state index contributed by atoms with van der Waals surface area (Å²) in [5, 5.41) is 5.32. The summed E-state index contributed by atoms with van der Waals surface area (Å²) in [7, 11) is 1.46. The van der Waals surface area contributed by atoms with Crippen molar-refractivity contribution < 1.29 is 14.3 Å². The molecular formula is C19H18N2O3. The maximum Gasteiger partial charge on any atom is 0.258 e. The first-order chi connectivity index (χ1) is 11.7. The van der Waals surface area contributed by atoms with Crippen molar-refractivity contribution in [2.75, 3.05) is 19.0 Å². The number of hydrogen-bond donors (Lipinski definition) is 2. The Morgan fingerprint density at radius 3 is 2.46 bits per heavy atom. The van der Waals surface area contributed by atoms with Crippen LogP contribution in [0.2, 0.25) is 0 Å². The summed E-state index contributed by atoms with van der Waals surface area (Å²) in [5.74, 6) is 1.63. The van der Waals surface area contributed by atoms with E-state index in [-0.39, 0.29) is 18.4 Å². The molecule has 0 bridgehead atoms. The van der Waals surface area contributed by atoms with Crippen LogP contribution in [-0.2, 0) is 9.53 Å². The average molecular weight is 322 g/mol. The quantitative estimate of drug-likeness (QED) is 0.803. The van der Waals surface area contributed by atoms with Crippen molar-refractivity contribution in [3.63, 3.8) is 0 Å². The summed E-state index contributed by atoms with van der Waals surface area (Å²) in [6, 6.07) is 15.8. The summed E-state index contributed by atoms with van der Waals surface area (Å²) in [6.07, 6.45) is 4.37. The van der Waals surface area contributed by atoms with Crippen LogP contribution in [0.15, 0.2) is 54.6 Å². The minimum atomic E-state index is -0.770. The van der Waals surface area contributed by atoms with E-state index in [0.717, 1.165) is 5.56 Å². The maximum atomic E-state index is 12.5. The SMILES string of the molecule is C#CCNC(=O)c1ccccc1NC(=O)[C@@H](OC)c1ccccc1. The van der Waals surface area contributed by atoms with Gasteiger partial charge in [-0.3, -0.25) is 9.59 Å². The first-order valence-electron chi connectivity index (χ1n) is 7.36. The molecule has 5 nitrogen and oxygen atoms in total. The van der Waals surface area contributed by atoms with Crippen LogP contribution >= 0.6 is 0 Å². The van der Waals surface area contributed by atoms with Crippen LogP contribution in [0.4, 0.5) is 5.69 Å². The van der Waals surface area contributed by atoms with Crippen LogP contribution in [0.25, 0.3) is 0 Å². The number of rotatable bonds is 6. The number of hydrogen-bond acceptors (Lipinski definition) is 3. The van der Waals surface area contributed by atoms with Crippen molar-refractivity contribution in [2.24, 2.45) is 0 Å². The van der Waals surface area contributed by atoms with Gasteiger partial charge in [0.25, 0.3) is 11.8 Å². The van der Waals surface area contributed by atoms with Crippen molar-refractivity contribution >= 4 is 17.5 Å². The van der Waals surface area contributed by atoms with Gasteiger partial charge in [-0.05, 0) is 17.7 Å². The number of para-hydroxylation sites is 1. The molecule has 0 aromatic heterocycles. The van der Waals surface area contributed by atoms with E-state index in [1.807, 2.05) is 18.2 Å². The Bertz CT molecular complexity index is 751. The predicted octanol–water partition coefficient (Wildman–Crippen LogP) is 2.38. The third-order valence-corrected chi connectivity index (χ3v) is 3.36. The van der Waals surface area contributed by atoms with Gasteiger partial charge < -0.3 is 15.4 Å². The highest BCUT2D eigenvalue weighted by molar-refractivity contribution is 6.04. The van der Waals surface area contributed by atoms with E-state index in [4.69, 9.17) is 11.2 Å². The Hall–Kier alpha value is -3.10. The second-order valence-corrected chi connectivity index (χ2v) is 4.95. The Morgan fingerprint density at radius 1 is 1.12 bits per heavy atom. The molecule has 0 radical (unpaired) electrons. The molecule has 0 spiro atoms. The summed E-state index contributed by atoms with van der Waals surface area (Å²) in [5.41, 5.74) is 1.46. The van der Waals surface area contributed by atoms with Gasteiger partial charge in [-0.15, -0.1) is 6.42 Å². The van der Waals surface area contributed by atoms with Crippen LogP contribution in [0.5, 0.6) is 0 Å². The molecule has 2 rings (SSSR count). The van der Waals surface area contributed by atoms with Gasteiger partial charge in [0.05, 0.1) is 17.8 Å². The second kappa shape index (κ2) is 8.51. The number of carbonyl (C=O) groups is 2. The van der Waals surface area contributed by atoms with Crippen molar-refractivity contribution in [3.05, 3.63) is 65.7 Å². The van der Waals surface area contributed by atoms with Gasteiger partial charge in [-0.1, -0.05) is 48.4 Å². The molecular weight excluding hydrogens is 304 g/mol. The lowest BCUT2D eigenvalue weighted by Gasteiger charge is -2.17. The third-order valence-electron chi connectivity index (χ3n) is 3.36. The standard InChI is InChI=1S/C19H18N2O3/c1-3-13-20-18(22)15-11-7-8-12-16(15)21-19(23)17(24-2)14-9-5-4-6-10-14/h1,4-12,17H,13H2,2H3,(H,20,22)(H,21,23)/t17-/m0/s1. The summed E-state index contributed by atoms with van der Waals surface area (Å²) in [4.78, 5) is 24.7. The molecule has 0 aliphatic carbocycles. The van der Waals surface area contributed by atoms with Crippen molar-refractivity contribution in [1.29, 1.82) is 0 Å². The zero-order valence-corrected chi connectivity index (χ0v) is 13.3. The zero-order valence-electron chi connectivity index (χ0n) is 13.3. The minimum absolute atomic E-state index is 0.117. The number of nitrogens with one attached hydrogen (secondary N) is 2. The molecule has 0 unspecified atom stereocenters. The summed E-state index contributed by atoms with van der Waals surface area (Å²) < 4.78 is 5.30. The molecule has 2 amide bonds. The molecule has 0 saturated heterocycles. The maximum absolute atomic E-state index is 12.5. The fourth-order valence-electron chi connectivity index (χ4n) is 2.24. The molecule has 24 heavy (non-hydrogen) atoms. The Morgan fingerprint density at radius 2 is 1.79 bits per heavy atom. The number of anilines is 1. The van der Waals surface area contributed by atoms with E-state index in [1.54, 1.807) is 36.4 Å². The van der Waals surface area contributed by atoms with Gasteiger partial charge >= 0.3 is 0 Å². The Balaban J connectivity index is 2.20. The number of ether oxygens (including phenoxy) is 1. The number of amides is 2. The van der Waals surface area contributed by atoms with Gasteiger partial charge in [-0.25, -0.2) is 0 Å². The molecule has 2 N–H and O–H groups in total. The largest absolute Gasteiger partial charge is 0.367 e. The smallest absolute Gasteiger partial charge is 0.258 e. The van der Waals surface area contributed by atoms with E-state index in [9.17, 15) is 9.59 Å².